The van der Waals surface area contributed by atoms with Crippen LogP contribution in [0.3, 0.4) is 0 Å². The molecule has 0 aliphatic carbocycles. The molecule has 0 saturated carbocycles. The molecule has 4 nitrogen and oxygen atoms in total. The van der Waals surface area contributed by atoms with Crippen molar-refractivity contribution in [3.8, 4) is 0 Å². The molecule has 1 aromatic rings. The van der Waals surface area contributed by atoms with E-state index in [0.717, 1.165) is 55.8 Å². The van der Waals surface area contributed by atoms with Crippen LogP contribution in [0.25, 0.3) is 0 Å². The molecule has 2 rings (SSSR count). The van der Waals surface area contributed by atoms with Gasteiger partial charge in [0.2, 0.25) is 0 Å². The van der Waals surface area contributed by atoms with Crippen molar-refractivity contribution in [1.29, 1.82) is 0 Å². The van der Waals surface area contributed by atoms with E-state index in [1.54, 1.807) is 0 Å². The third kappa shape index (κ3) is 3.20. The molecule has 4 heteroatoms. The van der Waals surface area contributed by atoms with Crippen molar-refractivity contribution < 1.29 is 4.79 Å². The van der Waals surface area contributed by atoms with Crippen LogP contribution in [0.5, 0.6) is 0 Å². The van der Waals surface area contributed by atoms with Crippen LogP contribution < -0.4 is 5.32 Å². The van der Waals surface area contributed by atoms with Crippen LogP contribution in [0.1, 0.15) is 56.1 Å². The third-order valence-electron chi connectivity index (χ3n) is 4.97. The second-order valence-electron chi connectivity index (χ2n) is 6.02. The zero-order valence-corrected chi connectivity index (χ0v) is 13.7. The van der Waals surface area contributed by atoms with Gasteiger partial charge in [0, 0.05) is 31.4 Å². The maximum Gasteiger partial charge on any atom is 0.254 e. The minimum atomic E-state index is 0.146. The maximum atomic E-state index is 12.8. The SMILES string of the molecule is CCc1cc(C(=O)N2CCC(CC)(CC)C2)cc(NC)n1. The Labute approximate surface area is 127 Å². The van der Waals surface area contributed by atoms with Crippen molar-refractivity contribution in [1.82, 2.24) is 9.88 Å². The lowest BCUT2D eigenvalue weighted by Crippen LogP contribution is -2.32. The Morgan fingerprint density at radius 3 is 2.57 bits per heavy atom. The fourth-order valence-corrected chi connectivity index (χ4v) is 3.14. The van der Waals surface area contributed by atoms with E-state index in [9.17, 15) is 4.79 Å². The summed E-state index contributed by atoms with van der Waals surface area (Å²) in [6.45, 7) is 8.29. The summed E-state index contributed by atoms with van der Waals surface area (Å²) in [7, 11) is 1.84. The Hall–Kier alpha value is -1.58. The Kier molecular flexibility index (Phi) is 4.86. The van der Waals surface area contributed by atoms with E-state index in [1.807, 2.05) is 24.1 Å². The van der Waals surface area contributed by atoms with Gasteiger partial charge in [0.1, 0.15) is 5.82 Å². The van der Waals surface area contributed by atoms with Gasteiger partial charge in [-0.25, -0.2) is 4.98 Å². The second kappa shape index (κ2) is 6.46. The van der Waals surface area contributed by atoms with Gasteiger partial charge in [0.15, 0.2) is 0 Å². The average molecular weight is 289 g/mol. The Morgan fingerprint density at radius 2 is 2.05 bits per heavy atom. The first-order valence-corrected chi connectivity index (χ1v) is 8.05. The number of nitrogens with zero attached hydrogens (tertiary/aromatic N) is 2. The molecule has 2 heterocycles. The zero-order valence-electron chi connectivity index (χ0n) is 13.7. The highest BCUT2D eigenvalue weighted by molar-refractivity contribution is 5.95. The molecule has 21 heavy (non-hydrogen) atoms. The summed E-state index contributed by atoms with van der Waals surface area (Å²) in [5.74, 6) is 0.918. The van der Waals surface area contributed by atoms with Crippen molar-refractivity contribution in [2.75, 3.05) is 25.5 Å². The van der Waals surface area contributed by atoms with Gasteiger partial charge in [0.25, 0.3) is 5.91 Å². The minimum absolute atomic E-state index is 0.146. The van der Waals surface area contributed by atoms with Crippen molar-refractivity contribution >= 4 is 11.7 Å². The number of hydrogen-bond donors (Lipinski definition) is 1. The van der Waals surface area contributed by atoms with Gasteiger partial charge in [-0.1, -0.05) is 20.8 Å². The van der Waals surface area contributed by atoms with E-state index in [4.69, 9.17) is 0 Å². The Morgan fingerprint density at radius 1 is 1.33 bits per heavy atom. The normalized spacial score (nSPS) is 17.0. The van der Waals surface area contributed by atoms with Crippen LogP contribution in [-0.4, -0.2) is 35.9 Å². The number of carbonyl (C=O) groups excluding carboxylic acids is 1. The molecule has 1 saturated heterocycles. The first-order chi connectivity index (χ1) is 10.1. The van der Waals surface area contributed by atoms with E-state index >= 15 is 0 Å². The minimum Gasteiger partial charge on any atom is -0.373 e. The first-order valence-electron chi connectivity index (χ1n) is 8.05. The molecule has 1 fully saturated rings. The molecule has 1 aliphatic heterocycles. The predicted octanol–water partition coefficient (Wildman–Crippen LogP) is 3.34. The maximum absolute atomic E-state index is 12.8. The lowest BCUT2D eigenvalue weighted by atomic mass is 9.82. The highest BCUT2D eigenvalue weighted by Gasteiger charge is 2.37. The number of carbonyl (C=O) groups is 1. The second-order valence-corrected chi connectivity index (χ2v) is 6.02. The van der Waals surface area contributed by atoms with Crippen LogP contribution in [0, 0.1) is 5.41 Å². The topological polar surface area (TPSA) is 45.2 Å². The molecular formula is C17H27N3O. The van der Waals surface area contributed by atoms with Gasteiger partial charge in [0.05, 0.1) is 0 Å². The highest BCUT2D eigenvalue weighted by Crippen LogP contribution is 2.37. The Bertz CT molecular complexity index is 487. The standard InChI is InChI=1S/C17H27N3O/c1-5-14-10-13(11-15(18-4)19-14)16(21)20-9-8-17(6-2,7-3)12-20/h10-11H,5-9,12H2,1-4H3,(H,18,19). The van der Waals surface area contributed by atoms with Crippen molar-refractivity contribution in [2.24, 2.45) is 5.41 Å². The van der Waals surface area contributed by atoms with Gasteiger partial charge >= 0.3 is 0 Å². The van der Waals surface area contributed by atoms with Gasteiger partial charge in [-0.15, -0.1) is 0 Å². The molecule has 1 amide bonds. The van der Waals surface area contributed by atoms with E-state index < -0.39 is 0 Å². The number of rotatable bonds is 5. The van der Waals surface area contributed by atoms with Crippen LogP contribution in [0.4, 0.5) is 5.82 Å². The zero-order chi connectivity index (χ0) is 15.5. The largest absolute Gasteiger partial charge is 0.373 e. The van der Waals surface area contributed by atoms with Gasteiger partial charge < -0.3 is 10.2 Å². The summed E-state index contributed by atoms with van der Waals surface area (Å²) in [6.07, 6.45) is 4.25. The molecule has 0 radical (unpaired) electrons. The first kappa shape index (κ1) is 15.8. The summed E-state index contributed by atoms with van der Waals surface area (Å²) in [5, 5.41) is 3.04. The monoisotopic (exact) mass is 289 g/mol. The molecule has 0 atom stereocenters. The van der Waals surface area contributed by atoms with Gasteiger partial charge in [-0.05, 0) is 43.2 Å². The number of hydrogen-bond acceptors (Lipinski definition) is 3. The molecule has 0 bridgehead atoms. The van der Waals surface area contributed by atoms with Crippen LogP contribution in [0.2, 0.25) is 0 Å². The van der Waals surface area contributed by atoms with Gasteiger partial charge in [-0.3, -0.25) is 4.79 Å². The number of anilines is 1. The molecule has 1 N–H and O–H groups in total. The van der Waals surface area contributed by atoms with E-state index in [0.29, 0.717) is 5.41 Å². The lowest BCUT2D eigenvalue weighted by Gasteiger charge is -2.26. The molecule has 0 aromatic carbocycles. The van der Waals surface area contributed by atoms with Gasteiger partial charge in [-0.2, -0.15) is 0 Å². The summed E-state index contributed by atoms with van der Waals surface area (Å²) < 4.78 is 0. The number of pyridine rings is 1. The fraction of sp³-hybridized carbons (Fsp3) is 0.647. The van der Waals surface area contributed by atoms with Crippen LogP contribution in [0.15, 0.2) is 12.1 Å². The lowest BCUT2D eigenvalue weighted by molar-refractivity contribution is 0.0769. The molecular weight excluding hydrogens is 262 g/mol. The Balaban J connectivity index is 2.21. The molecule has 0 unspecified atom stereocenters. The van der Waals surface area contributed by atoms with Crippen molar-refractivity contribution in [2.45, 2.75) is 46.5 Å². The number of aromatic nitrogens is 1. The predicted molar refractivity (Wildman–Crippen MR) is 86.7 cm³/mol. The smallest absolute Gasteiger partial charge is 0.254 e. The number of aryl methyl sites for hydroxylation is 1. The quantitative estimate of drug-likeness (QED) is 0.904. The summed E-state index contributed by atoms with van der Waals surface area (Å²) in [4.78, 5) is 19.2. The highest BCUT2D eigenvalue weighted by atomic mass is 16.2. The third-order valence-corrected chi connectivity index (χ3v) is 4.97. The summed E-state index contributed by atoms with van der Waals surface area (Å²) in [6, 6.07) is 3.79. The molecule has 1 aromatic heterocycles. The molecule has 116 valence electrons. The average Bonchev–Trinajstić information content (AvgIpc) is 2.98. The van der Waals surface area contributed by atoms with Crippen LogP contribution in [-0.2, 0) is 6.42 Å². The summed E-state index contributed by atoms with van der Waals surface area (Å²) >= 11 is 0. The van der Waals surface area contributed by atoms with Crippen molar-refractivity contribution in [3.63, 3.8) is 0 Å². The number of amides is 1. The van der Waals surface area contributed by atoms with E-state index in [-0.39, 0.29) is 5.91 Å². The van der Waals surface area contributed by atoms with E-state index in [1.165, 1.54) is 0 Å². The van der Waals surface area contributed by atoms with Crippen LogP contribution >= 0.6 is 0 Å². The van der Waals surface area contributed by atoms with E-state index in [2.05, 4.69) is 31.1 Å². The number of nitrogens with one attached hydrogen (secondary N) is 1. The van der Waals surface area contributed by atoms with Crippen molar-refractivity contribution in [3.05, 3.63) is 23.4 Å². The summed E-state index contributed by atoms with van der Waals surface area (Å²) in [5.41, 5.74) is 2.04. The molecule has 0 spiro atoms. The number of likely N-dealkylation sites (tertiary alicyclic amines) is 1. The molecule has 1 aliphatic rings. The fourth-order valence-electron chi connectivity index (χ4n) is 3.14.